The van der Waals surface area contributed by atoms with Crippen molar-refractivity contribution in [3.8, 4) is 22.8 Å². The molecule has 0 N–H and O–H groups in total. The number of aryl methyl sites for hydroxylation is 1. The molecule has 5 rings (SSSR count). The topological polar surface area (TPSA) is 51.9 Å². The Morgan fingerprint density at radius 1 is 0.933 bits per heavy atom. The minimum absolute atomic E-state index is 0.687. The molecule has 0 saturated carbocycles. The molecule has 0 amide bonds. The maximum Gasteiger partial charge on any atom is 0.158 e. The Morgan fingerprint density at radius 3 is 2.30 bits per heavy atom. The second kappa shape index (κ2) is 7.49. The molecule has 0 unspecified atom stereocenters. The Kier molecular flexibility index (Phi) is 4.80. The molecule has 1 fully saturated rings. The van der Waals surface area contributed by atoms with Crippen molar-refractivity contribution >= 4 is 11.5 Å². The molecule has 1 saturated heterocycles. The highest BCUT2D eigenvalue weighted by Crippen LogP contribution is 2.36. The van der Waals surface area contributed by atoms with E-state index in [4.69, 9.17) is 19.6 Å². The largest absolute Gasteiger partial charge is 0.497 e. The van der Waals surface area contributed by atoms with Crippen LogP contribution in [0, 0.1) is 11.8 Å². The van der Waals surface area contributed by atoms with Crippen LogP contribution in [0.25, 0.3) is 16.9 Å². The van der Waals surface area contributed by atoms with Crippen LogP contribution in [0.3, 0.4) is 0 Å². The van der Waals surface area contributed by atoms with E-state index < -0.39 is 0 Å². The predicted octanol–water partition coefficient (Wildman–Crippen LogP) is 4.38. The SMILES string of the molecule is COc1cc(OC)cc(-c2cc3nc4c(c(N5C[C@H](C)C[C@H](C)C5)n3n2)CCC4)c1. The van der Waals surface area contributed by atoms with E-state index in [1.165, 1.54) is 29.9 Å². The van der Waals surface area contributed by atoms with Gasteiger partial charge in [-0.15, -0.1) is 0 Å². The Bertz CT molecular complexity index is 1060. The van der Waals surface area contributed by atoms with Crippen LogP contribution < -0.4 is 14.4 Å². The lowest BCUT2D eigenvalue weighted by Gasteiger charge is -2.37. The van der Waals surface area contributed by atoms with Crippen LogP contribution in [0.15, 0.2) is 24.3 Å². The molecule has 2 aromatic heterocycles. The van der Waals surface area contributed by atoms with Gasteiger partial charge >= 0.3 is 0 Å². The van der Waals surface area contributed by atoms with Crippen LogP contribution in [0.1, 0.15) is 37.9 Å². The minimum Gasteiger partial charge on any atom is -0.497 e. The Balaban J connectivity index is 1.67. The van der Waals surface area contributed by atoms with Gasteiger partial charge in [0.2, 0.25) is 0 Å². The lowest BCUT2D eigenvalue weighted by Crippen LogP contribution is -2.40. The normalized spacial score (nSPS) is 21.1. The molecule has 1 aliphatic heterocycles. The van der Waals surface area contributed by atoms with Crippen molar-refractivity contribution < 1.29 is 9.47 Å². The fraction of sp³-hybridized carbons (Fsp3) is 0.500. The molecule has 0 radical (unpaired) electrons. The van der Waals surface area contributed by atoms with E-state index in [9.17, 15) is 0 Å². The third kappa shape index (κ3) is 3.28. The minimum atomic E-state index is 0.687. The summed E-state index contributed by atoms with van der Waals surface area (Å²) in [4.78, 5) is 7.55. The van der Waals surface area contributed by atoms with Gasteiger partial charge in [-0.05, 0) is 49.7 Å². The summed E-state index contributed by atoms with van der Waals surface area (Å²) < 4.78 is 13.0. The van der Waals surface area contributed by atoms with E-state index in [1.54, 1.807) is 14.2 Å². The van der Waals surface area contributed by atoms with Crippen LogP contribution in [-0.4, -0.2) is 41.9 Å². The molecule has 0 bridgehead atoms. The number of rotatable bonds is 4. The summed E-state index contributed by atoms with van der Waals surface area (Å²) in [5.41, 5.74) is 5.43. The number of nitrogens with zero attached hydrogens (tertiary/aromatic N) is 4. The van der Waals surface area contributed by atoms with Gasteiger partial charge in [-0.3, -0.25) is 0 Å². The highest BCUT2D eigenvalue weighted by molar-refractivity contribution is 5.70. The predicted molar refractivity (Wildman–Crippen MR) is 119 cm³/mol. The number of fused-ring (bicyclic) bond motifs is 2. The van der Waals surface area contributed by atoms with Gasteiger partial charge in [-0.1, -0.05) is 13.8 Å². The summed E-state index contributed by atoms with van der Waals surface area (Å²) in [7, 11) is 3.34. The van der Waals surface area contributed by atoms with Gasteiger partial charge in [-0.25, -0.2) is 4.98 Å². The van der Waals surface area contributed by atoms with Gasteiger partial charge in [0.05, 0.1) is 19.9 Å². The molecular formula is C24H30N4O2. The number of aromatic nitrogens is 3. The van der Waals surface area contributed by atoms with Gasteiger partial charge in [-0.2, -0.15) is 9.61 Å². The lowest BCUT2D eigenvalue weighted by molar-refractivity contribution is 0.353. The Morgan fingerprint density at radius 2 is 1.63 bits per heavy atom. The summed E-state index contributed by atoms with van der Waals surface area (Å²) in [6.45, 7) is 6.88. The zero-order chi connectivity index (χ0) is 20.8. The highest BCUT2D eigenvalue weighted by atomic mass is 16.5. The maximum atomic E-state index is 5.46. The maximum absolute atomic E-state index is 5.46. The first-order valence-corrected chi connectivity index (χ1v) is 11.0. The first-order chi connectivity index (χ1) is 14.6. The standard InChI is InChI=1S/C24H30N4O2/c1-15-8-16(2)14-27(13-15)24-20-6-5-7-21(20)25-23-12-22(26-28(23)24)17-9-18(29-3)11-19(10-17)30-4/h9-12,15-16H,5-8,13-14H2,1-4H3/t15-,16+. The molecule has 3 aromatic rings. The van der Waals surface area contributed by atoms with Crippen molar-refractivity contribution in [3.63, 3.8) is 0 Å². The van der Waals surface area contributed by atoms with Crippen molar-refractivity contribution in [2.75, 3.05) is 32.2 Å². The molecule has 0 spiro atoms. The summed E-state index contributed by atoms with van der Waals surface area (Å²) in [6.07, 6.45) is 4.63. The van der Waals surface area contributed by atoms with Gasteiger partial charge in [0.1, 0.15) is 17.3 Å². The van der Waals surface area contributed by atoms with E-state index in [-0.39, 0.29) is 0 Å². The monoisotopic (exact) mass is 406 g/mol. The van der Waals surface area contributed by atoms with E-state index in [0.29, 0.717) is 11.8 Å². The number of hydrogen-bond acceptors (Lipinski definition) is 5. The molecule has 1 aliphatic carbocycles. The smallest absolute Gasteiger partial charge is 0.158 e. The third-order valence-electron chi connectivity index (χ3n) is 6.41. The fourth-order valence-electron chi connectivity index (χ4n) is 5.22. The van der Waals surface area contributed by atoms with Crippen molar-refractivity contribution in [3.05, 3.63) is 35.5 Å². The molecule has 6 heteroatoms. The second-order valence-electron chi connectivity index (χ2n) is 8.97. The van der Waals surface area contributed by atoms with Crippen molar-refractivity contribution in [2.24, 2.45) is 11.8 Å². The van der Waals surface area contributed by atoms with Crippen LogP contribution >= 0.6 is 0 Å². The van der Waals surface area contributed by atoms with E-state index in [0.717, 1.165) is 54.3 Å². The molecule has 158 valence electrons. The van der Waals surface area contributed by atoms with Crippen molar-refractivity contribution in [1.29, 1.82) is 0 Å². The number of benzene rings is 1. The summed E-state index contributed by atoms with van der Waals surface area (Å²) in [6, 6.07) is 7.98. The van der Waals surface area contributed by atoms with Crippen LogP contribution in [0.2, 0.25) is 0 Å². The van der Waals surface area contributed by atoms with Crippen molar-refractivity contribution in [2.45, 2.75) is 39.5 Å². The summed E-state index contributed by atoms with van der Waals surface area (Å²) >= 11 is 0. The van der Waals surface area contributed by atoms with E-state index in [1.807, 2.05) is 18.2 Å². The molecule has 6 nitrogen and oxygen atoms in total. The molecular weight excluding hydrogens is 376 g/mol. The Hall–Kier alpha value is -2.76. The number of piperidine rings is 1. The fourth-order valence-corrected chi connectivity index (χ4v) is 5.22. The molecule has 1 aromatic carbocycles. The van der Waals surface area contributed by atoms with Crippen LogP contribution in [0.4, 0.5) is 5.82 Å². The summed E-state index contributed by atoms with van der Waals surface area (Å²) in [5.74, 6) is 4.15. The quantitative estimate of drug-likeness (QED) is 0.643. The zero-order valence-electron chi connectivity index (χ0n) is 18.3. The highest BCUT2D eigenvalue weighted by Gasteiger charge is 2.29. The summed E-state index contributed by atoms with van der Waals surface area (Å²) in [5, 5.41) is 5.04. The molecule has 30 heavy (non-hydrogen) atoms. The van der Waals surface area contributed by atoms with Crippen LogP contribution in [-0.2, 0) is 12.8 Å². The average molecular weight is 407 g/mol. The van der Waals surface area contributed by atoms with Gasteiger partial charge in [0.25, 0.3) is 0 Å². The van der Waals surface area contributed by atoms with Gasteiger partial charge in [0.15, 0.2) is 5.65 Å². The molecule has 2 aliphatic rings. The Labute approximate surface area is 177 Å². The number of ether oxygens (including phenoxy) is 2. The number of methoxy groups -OCH3 is 2. The zero-order valence-corrected chi connectivity index (χ0v) is 18.3. The third-order valence-corrected chi connectivity index (χ3v) is 6.41. The first kappa shape index (κ1) is 19.2. The van der Waals surface area contributed by atoms with Gasteiger partial charge in [0, 0.05) is 42.0 Å². The van der Waals surface area contributed by atoms with Crippen molar-refractivity contribution in [1.82, 2.24) is 14.6 Å². The lowest BCUT2D eigenvalue weighted by atomic mass is 9.91. The molecule has 3 heterocycles. The first-order valence-electron chi connectivity index (χ1n) is 11.0. The van der Waals surface area contributed by atoms with Gasteiger partial charge < -0.3 is 14.4 Å². The number of hydrogen-bond donors (Lipinski definition) is 0. The molecule has 2 atom stereocenters. The van der Waals surface area contributed by atoms with E-state index >= 15 is 0 Å². The van der Waals surface area contributed by atoms with Crippen LogP contribution in [0.5, 0.6) is 11.5 Å². The average Bonchev–Trinajstić information content (AvgIpc) is 3.37. The second-order valence-corrected chi connectivity index (χ2v) is 8.97. The number of anilines is 1. The van der Waals surface area contributed by atoms with E-state index in [2.05, 4.69) is 29.3 Å².